The number of benzene rings is 1. The van der Waals surface area contributed by atoms with E-state index in [2.05, 4.69) is 25.5 Å². The molecule has 0 spiro atoms. The summed E-state index contributed by atoms with van der Waals surface area (Å²) in [5, 5.41) is 11.5. The van der Waals surface area contributed by atoms with E-state index in [0.717, 1.165) is 21.9 Å². The number of hydrogen-bond acceptors (Lipinski definition) is 7. The molecular weight excluding hydrogens is 366 g/mol. The second-order valence-electron chi connectivity index (χ2n) is 5.94. The number of carbonyl (C=O) groups excluding carboxylic acids is 1. The number of nitrogens with one attached hydrogen (secondary N) is 2. The lowest BCUT2D eigenvalue weighted by molar-refractivity contribution is 0.103. The third kappa shape index (κ3) is 3.11. The molecule has 0 saturated heterocycles. The van der Waals surface area contributed by atoms with Crippen LogP contribution in [0.4, 0.5) is 5.69 Å². The molecule has 3 aromatic heterocycles. The molecule has 0 aliphatic heterocycles. The Balaban J connectivity index is 1.71. The fourth-order valence-corrected chi connectivity index (χ4v) is 4.00. The van der Waals surface area contributed by atoms with Gasteiger partial charge in [-0.25, -0.2) is 4.98 Å². The number of carbonyl (C=O) groups is 1. The molecule has 0 aliphatic carbocycles. The van der Waals surface area contributed by atoms with Gasteiger partial charge in [0.2, 0.25) is 5.88 Å². The quantitative estimate of drug-likeness (QED) is 0.548. The number of rotatable bonds is 5. The van der Waals surface area contributed by atoms with E-state index in [1.165, 1.54) is 11.3 Å². The molecule has 4 rings (SSSR count). The summed E-state index contributed by atoms with van der Waals surface area (Å²) in [6.07, 6.45) is 1.72. The van der Waals surface area contributed by atoms with Gasteiger partial charge in [-0.2, -0.15) is 10.1 Å². The Bertz CT molecular complexity index is 1150. The SMILES string of the molecule is COCc1nc(OC)c2c(C)c(C(=O)Nc3ccc4[nH]ncc4c3)sc2n1. The third-order valence-electron chi connectivity index (χ3n) is 4.17. The van der Waals surface area contributed by atoms with Crippen molar-refractivity contribution in [3.63, 3.8) is 0 Å². The maximum atomic E-state index is 12.9. The van der Waals surface area contributed by atoms with E-state index in [4.69, 9.17) is 9.47 Å². The van der Waals surface area contributed by atoms with Crippen molar-refractivity contribution in [2.24, 2.45) is 0 Å². The van der Waals surface area contributed by atoms with Crippen LogP contribution in [0.3, 0.4) is 0 Å². The number of aromatic nitrogens is 4. The molecule has 9 heteroatoms. The summed E-state index contributed by atoms with van der Waals surface area (Å²) in [4.78, 5) is 23.0. The van der Waals surface area contributed by atoms with Gasteiger partial charge >= 0.3 is 0 Å². The summed E-state index contributed by atoms with van der Waals surface area (Å²) in [5.41, 5.74) is 2.40. The lowest BCUT2D eigenvalue weighted by Gasteiger charge is -2.05. The molecule has 0 atom stereocenters. The molecule has 4 aromatic rings. The topological polar surface area (TPSA) is 102 Å². The number of thiophene rings is 1. The van der Waals surface area contributed by atoms with E-state index in [0.29, 0.717) is 27.1 Å². The van der Waals surface area contributed by atoms with Crippen LogP contribution in [-0.4, -0.2) is 40.3 Å². The molecule has 3 heterocycles. The number of anilines is 1. The van der Waals surface area contributed by atoms with Crippen LogP contribution in [0.15, 0.2) is 24.4 Å². The van der Waals surface area contributed by atoms with Crippen LogP contribution in [0.25, 0.3) is 21.1 Å². The lowest BCUT2D eigenvalue weighted by Crippen LogP contribution is -2.11. The molecule has 0 unspecified atom stereocenters. The number of fused-ring (bicyclic) bond motifs is 2. The maximum Gasteiger partial charge on any atom is 0.266 e. The average Bonchev–Trinajstić information content (AvgIpc) is 3.25. The van der Waals surface area contributed by atoms with Crippen molar-refractivity contribution in [2.75, 3.05) is 19.5 Å². The highest BCUT2D eigenvalue weighted by Crippen LogP contribution is 2.35. The highest BCUT2D eigenvalue weighted by Gasteiger charge is 2.21. The van der Waals surface area contributed by atoms with Crippen LogP contribution in [0.1, 0.15) is 21.1 Å². The van der Waals surface area contributed by atoms with Crippen LogP contribution < -0.4 is 10.1 Å². The molecule has 27 heavy (non-hydrogen) atoms. The summed E-state index contributed by atoms with van der Waals surface area (Å²) in [6.45, 7) is 2.14. The molecular formula is C18H17N5O3S. The van der Waals surface area contributed by atoms with Gasteiger partial charge in [-0.3, -0.25) is 9.89 Å². The molecule has 0 bridgehead atoms. The zero-order valence-electron chi connectivity index (χ0n) is 15.0. The first-order valence-corrected chi connectivity index (χ1v) is 8.99. The van der Waals surface area contributed by atoms with Gasteiger partial charge in [0.25, 0.3) is 5.91 Å². The van der Waals surface area contributed by atoms with Crippen LogP contribution in [0.2, 0.25) is 0 Å². The maximum absolute atomic E-state index is 12.9. The molecule has 0 aliphatic rings. The minimum absolute atomic E-state index is 0.200. The highest BCUT2D eigenvalue weighted by molar-refractivity contribution is 7.20. The Morgan fingerprint density at radius 3 is 2.93 bits per heavy atom. The van der Waals surface area contributed by atoms with Crippen LogP contribution in [0, 0.1) is 6.92 Å². The molecule has 0 saturated carbocycles. The summed E-state index contributed by atoms with van der Waals surface area (Å²) in [6, 6.07) is 5.58. The second kappa shape index (κ2) is 6.93. The van der Waals surface area contributed by atoms with E-state index >= 15 is 0 Å². The fraction of sp³-hybridized carbons (Fsp3) is 0.222. The summed E-state index contributed by atoms with van der Waals surface area (Å²) in [5.74, 6) is 0.758. The van der Waals surface area contributed by atoms with E-state index < -0.39 is 0 Å². The summed E-state index contributed by atoms with van der Waals surface area (Å²) in [7, 11) is 3.13. The minimum Gasteiger partial charge on any atom is -0.480 e. The van der Waals surface area contributed by atoms with Crippen molar-refractivity contribution in [3.05, 3.63) is 40.7 Å². The molecule has 0 fully saturated rings. The Morgan fingerprint density at radius 2 is 2.15 bits per heavy atom. The van der Waals surface area contributed by atoms with Gasteiger partial charge in [0.1, 0.15) is 11.4 Å². The Hall–Kier alpha value is -3.04. The van der Waals surface area contributed by atoms with E-state index in [1.807, 2.05) is 25.1 Å². The first kappa shape index (κ1) is 17.4. The molecule has 2 N–H and O–H groups in total. The molecule has 0 radical (unpaired) electrons. The predicted molar refractivity (Wildman–Crippen MR) is 103 cm³/mol. The second-order valence-corrected chi connectivity index (χ2v) is 6.94. The van der Waals surface area contributed by atoms with Crippen molar-refractivity contribution < 1.29 is 14.3 Å². The number of ether oxygens (including phenoxy) is 2. The normalized spacial score (nSPS) is 11.2. The monoisotopic (exact) mass is 383 g/mol. The Morgan fingerprint density at radius 1 is 1.30 bits per heavy atom. The number of aryl methyl sites for hydroxylation is 1. The van der Waals surface area contributed by atoms with Crippen LogP contribution >= 0.6 is 11.3 Å². The molecule has 1 aromatic carbocycles. The number of methoxy groups -OCH3 is 2. The highest BCUT2D eigenvalue weighted by atomic mass is 32.1. The van der Waals surface area contributed by atoms with Crippen molar-refractivity contribution in [2.45, 2.75) is 13.5 Å². The minimum atomic E-state index is -0.200. The molecule has 138 valence electrons. The van der Waals surface area contributed by atoms with Gasteiger partial charge in [-0.15, -0.1) is 11.3 Å². The van der Waals surface area contributed by atoms with Gasteiger partial charge in [0, 0.05) is 18.2 Å². The Kier molecular flexibility index (Phi) is 4.46. The summed E-state index contributed by atoms with van der Waals surface area (Å²) < 4.78 is 10.5. The molecule has 8 nitrogen and oxygen atoms in total. The zero-order chi connectivity index (χ0) is 19.0. The predicted octanol–water partition coefficient (Wildman–Crippen LogP) is 3.28. The van der Waals surface area contributed by atoms with E-state index in [9.17, 15) is 4.79 Å². The number of nitrogens with zero attached hydrogens (tertiary/aromatic N) is 3. The summed E-state index contributed by atoms with van der Waals surface area (Å²) >= 11 is 1.31. The van der Waals surface area contributed by atoms with Gasteiger partial charge in [0.05, 0.1) is 29.1 Å². The van der Waals surface area contributed by atoms with E-state index in [-0.39, 0.29) is 12.5 Å². The number of H-pyrrole nitrogens is 1. The van der Waals surface area contributed by atoms with Crippen molar-refractivity contribution in [3.8, 4) is 5.88 Å². The number of aromatic amines is 1. The van der Waals surface area contributed by atoms with Gasteiger partial charge < -0.3 is 14.8 Å². The largest absolute Gasteiger partial charge is 0.480 e. The van der Waals surface area contributed by atoms with Crippen LogP contribution in [-0.2, 0) is 11.3 Å². The lowest BCUT2D eigenvalue weighted by atomic mass is 10.2. The Labute approximate surface area is 158 Å². The fourth-order valence-electron chi connectivity index (χ4n) is 2.91. The zero-order valence-corrected chi connectivity index (χ0v) is 15.8. The van der Waals surface area contributed by atoms with Crippen LogP contribution in [0.5, 0.6) is 5.88 Å². The van der Waals surface area contributed by atoms with Crippen molar-refractivity contribution >= 4 is 44.1 Å². The standard InChI is InChI=1S/C18H17N5O3S/c1-9-14-17(26-3)21-13(8-25-2)22-18(14)27-15(9)16(24)20-11-4-5-12-10(6-11)7-19-23-12/h4-7H,8H2,1-3H3,(H,19,23)(H,20,24). The van der Waals surface area contributed by atoms with Crippen molar-refractivity contribution in [1.29, 1.82) is 0 Å². The number of amides is 1. The molecule has 1 amide bonds. The van der Waals surface area contributed by atoms with Crippen molar-refractivity contribution in [1.82, 2.24) is 20.2 Å². The average molecular weight is 383 g/mol. The van der Waals surface area contributed by atoms with Gasteiger partial charge in [0.15, 0.2) is 5.82 Å². The smallest absolute Gasteiger partial charge is 0.266 e. The van der Waals surface area contributed by atoms with Gasteiger partial charge in [-0.05, 0) is 30.7 Å². The number of hydrogen-bond donors (Lipinski definition) is 2. The first-order chi connectivity index (χ1) is 13.1. The van der Waals surface area contributed by atoms with Gasteiger partial charge in [-0.1, -0.05) is 0 Å². The third-order valence-corrected chi connectivity index (χ3v) is 5.36. The van der Waals surface area contributed by atoms with E-state index in [1.54, 1.807) is 20.4 Å². The first-order valence-electron chi connectivity index (χ1n) is 8.18.